The first-order chi connectivity index (χ1) is 10.6. The van der Waals surface area contributed by atoms with E-state index in [0.717, 1.165) is 24.1 Å². The zero-order valence-electron chi connectivity index (χ0n) is 13.1. The monoisotopic (exact) mass is 294 g/mol. The second-order valence-electron chi connectivity index (χ2n) is 6.27. The number of rotatable bonds is 5. The molecule has 3 rings (SSSR count). The zero-order chi connectivity index (χ0) is 15.5. The molecule has 0 spiro atoms. The van der Waals surface area contributed by atoms with E-state index in [-0.39, 0.29) is 11.9 Å². The summed E-state index contributed by atoms with van der Waals surface area (Å²) in [6, 6.07) is 18.5. The van der Waals surface area contributed by atoms with Crippen molar-refractivity contribution in [2.75, 3.05) is 14.1 Å². The Morgan fingerprint density at radius 2 is 1.91 bits per heavy atom. The Labute approximate surface area is 132 Å². The summed E-state index contributed by atoms with van der Waals surface area (Å²) >= 11 is 0. The molecule has 0 heterocycles. The van der Waals surface area contributed by atoms with Crippen molar-refractivity contribution in [2.45, 2.75) is 24.9 Å². The second-order valence-corrected chi connectivity index (χ2v) is 6.27. The molecule has 114 valence electrons. The first kappa shape index (κ1) is 14.8. The van der Waals surface area contributed by atoms with Crippen molar-refractivity contribution in [3.63, 3.8) is 0 Å². The van der Waals surface area contributed by atoms with Crippen molar-refractivity contribution in [2.24, 2.45) is 0 Å². The SMILES string of the molecule is CN(C)Cc1cccc(C(=O)N[C@H]2C[C@@H]2c2ccccc2)c1. The molecule has 1 N–H and O–H groups in total. The molecule has 3 heteroatoms. The lowest BCUT2D eigenvalue weighted by Gasteiger charge is -2.11. The third-order valence-corrected chi connectivity index (χ3v) is 4.02. The van der Waals surface area contributed by atoms with Gasteiger partial charge in [0.15, 0.2) is 0 Å². The third kappa shape index (κ3) is 3.55. The Bertz CT molecular complexity index is 651. The molecule has 0 saturated heterocycles. The summed E-state index contributed by atoms with van der Waals surface area (Å²) in [6.45, 7) is 0.844. The predicted molar refractivity (Wildman–Crippen MR) is 88.9 cm³/mol. The van der Waals surface area contributed by atoms with Crippen molar-refractivity contribution in [1.29, 1.82) is 0 Å². The molecule has 2 atom stereocenters. The van der Waals surface area contributed by atoms with Crippen molar-refractivity contribution < 1.29 is 4.79 Å². The van der Waals surface area contributed by atoms with Gasteiger partial charge in [0.25, 0.3) is 5.91 Å². The summed E-state index contributed by atoms with van der Waals surface area (Å²) in [5.74, 6) is 0.499. The van der Waals surface area contributed by atoms with Gasteiger partial charge < -0.3 is 10.2 Å². The number of hydrogen-bond acceptors (Lipinski definition) is 2. The standard InChI is InChI=1S/C19H22N2O/c1-21(2)13-14-7-6-10-16(11-14)19(22)20-18-12-17(18)15-8-4-3-5-9-15/h3-11,17-18H,12-13H2,1-2H3,(H,20,22)/t17-,18+/m1/s1. The Balaban J connectivity index is 1.61. The van der Waals surface area contributed by atoms with E-state index in [1.165, 1.54) is 5.56 Å². The maximum Gasteiger partial charge on any atom is 0.251 e. The smallest absolute Gasteiger partial charge is 0.251 e. The van der Waals surface area contributed by atoms with Crippen molar-refractivity contribution in [1.82, 2.24) is 10.2 Å². The molecule has 3 nitrogen and oxygen atoms in total. The van der Waals surface area contributed by atoms with Gasteiger partial charge in [-0.15, -0.1) is 0 Å². The number of nitrogens with zero attached hydrogens (tertiary/aromatic N) is 1. The lowest BCUT2D eigenvalue weighted by atomic mass is 10.1. The van der Waals surface area contributed by atoms with Gasteiger partial charge in [-0.05, 0) is 43.8 Å². The van der Waals surface area contributed by atoms with Crippen LogP contribution in [-0.2, 0) is 6.54 Å². The fraction of sp³-hybridized carbons (Fsp3) is 0.316. The van der Waals surface area contributed by atoms with Gasteiger partial charge in [-0.3, -0.25) is 4.79 Å². The molecule has 1 amide bonds. The number of amides is 1. The molecule has 0 unspecified atom stereocenters. The minimum absolute atomic E-state index is 0.0315. The molecule has 2 aromatic carbocycles. The predicted octanol–water partition coefficient (Wildman–Crippen LogP) is 3.03. The first-order valence-electron chi connectivity index (χ1n) is 7.73. The van der Waals surface area contributed by atoms with E-state index in [1.54, 1.807) is 0 Å². The average molecular weight is 294 g/mol. The number of hydrogen-bond donors (Lipinski definition) is 1. The number of carbonyl (C=O) groups excluding carboxylic acids is 1. The van der Waals surface area contributed by atoms with Gasteiger partial charge in [0.1, 0.15) is 0 Å². The normalized spacial score (nSPS) is 20.0. The van der Waals surface area contributed by atoms with E-state index < -0.39 is 0 Å². The number of nitrogens with one attached hydrogen (secondary N) is 1. The van der Waals surface area contributed by atoms with Crippen LogP contribution in [0, 0.1) is 0 Å². The Kier molecular flexibility index (Phi) is 4.25. The third-order valence-electron chi connectivity index (χ3n) is 4.02. The Hall–Kier alpha value is -2.13. The molecule has 0 bridgehead atoms. The highest BCUT2D eigenvalue weighted by atomic mass is 16.1. The van der Waals surface area contributed by atoms with Crippen LogP contribution in [0.4, 0.5) is 0 Å². The van der Waals surface area contributed by atoms with Crippen molar-refractivity contribution in [3.05, 3.63) is 71.3 Å². The van der Waals surface area contributed by atoms with Gasteiger partial charge in [0, 0.05) is 24.1 Å². The minimum atomic E-state index is 0.0315. The van der Waals surface area contributed by atoms with Crippen LogP contribution in [0.25, 0.3) is 0 Å². The van der Waals surface area contributed by atoms with Gasteiger partial charge in [-0.2, -0.15) is 0 Å². The van der Waals surface area contributed by atoms with Crippen LogP contribution >= 0.6 is 0 Å². The maximum absolute atomic E-state index is 12.4. The van der Waals surface area contributed by atoms with Gasteiger partial charge >= 0.3 is 0 Å². The largest absolute Gasteiger partial charge is 0.349 e. The van der Waals surface area contributed by atoms with E-state index in [9.17, 15) is 4.79 Å². The zero-order valence-corrected chi connectivity index (χ0v) is 13.1. The summed E-state index contributed by atoms with van der Waals surface area (Å²) in [6.07, 6.45) is 1.03. The summed E-state index contributed by atoms with van der Waals surface area (Å²) in [5.41, 5.74) is 3.22. The minimum Gasteiger partial charge on any atom is -0.349 e. The molecular weight excluding hydrogens is 272 g/mol. The average Bonchev–Trinajstić information content (AvgIpc) is 3.27. The van der Waals surface area contributed by atoms with Crippen LogP contribution in [0.2, 0.25) is 0 Å². The maximum atomic E-state index is 12.4. The topological polar surface area (TPSA) is 32.3 Å². The summed E-state index contributed by atoms with van der Waals surface area (Å²) in [7, 11) is 4.06. The summed E-state index contributed by atoms with van der Waals surface area (Å²) in [4.78, 5) is 14.5. The van der Waals surface area contributed by atoms with Gasteiger partial charge in [0.05, 0.1) is 0 Å². The molecule has 0 radical (unpaired) electrons. The van der Waals surface area contributed by atoms with Gasteiger partial charge in [-0.1, -0.05) is 42.5 Å². The molecule has 0 aromatic heterocycles. The van der Waals surface area contributed by atoms with E-state index in [4.69, 9.17) is 0 Å². The molecule has 1 saturated carbocycles. The number of benzene rings is 2. The second kappa shape index (κ2) is 6.32. The van der Waals surface area contributed by atoms with Crippen LogP contribution in [0.3, 0.4) is 0 Å². The Morgan fingerprint density at radius 3 is 2.64 bits per heavy atom. The van der Waals surface area contributed by atoms with Crippen LogP contribution in [0.5, 0.6) is 0 Å². The Morgan fingerprint density at radius 1 is 1.14 bits per heavy atom. The van der Waals surface area contributed by atoms with Gasteiger partial charge in [-0.25, -0.2) is 0 Å². The quantitative estimate of drug-likeness (QED) is 0.919. The van der Waals surface area contributed by atoms with Crippen molar-refractivity contribution in [3.8, 4) is 0 Å². The highest BCUT2D eigenvalue weighted by Gasteiger charge is 2.39. The highest BCUT2D eigenvalue weighted by molar-refractivity contribution is 5.94. The van der Waals surface area contributed by atoms with Crippen LogP contribution < -0.4 is 5.32 Å². The highest BCUT2D eigenvalue weighted by Crippen LogP contribution is 2.40. The number of carbonyl (C=O) groups is 1. The molecule has 0 aliphatic heterocycles. The lowest BCUT2D eigenvalue weighted by Crippen LogP contribution is -2.26. The molecule has 22 heavy (non-hydrogen) atoms. The van der Waals surface area contributed by atoms with Crippen LogP contribution in [0.1, 0.15) is 33.8 Å². The molecule has 2 aromatic rings. The fourth-order valence-electron chi connectivity index (χ4n) is 2.85. The summed E-state index contributed by atoms with van der Waals surface area (Å²) in [5, 5.41) is 3.15. The van der Waals surface area contributed by atoms with Crippen LogP contribution in [-0.4, -0.2) is 30.9 Å². The van der Waals surface area contributed by atoms with E-state index >= 15 is 0 Å². The lowest BCUT2D eigenvalue weighted by molar-refractivity contribution is 0.0950. The molecular formula is C19H22N2O. The molecule has 1 aliphatic rings. The van der Waals surface area contributed by atoms with Gasteiger partial charge in [0.2, 0.25) is 0 Å². The fourth-order valence-corrected chi connectivity index (χ4v) is 2.85. The molecule has 1 aliphatic carbocycles. The van der Waals surface area contributed by atoms with E-state index in [0.29, 0.717) is 5.92 Å². The first-order valence-corrected chi connectivity index (χ1v) is 7.73. The van der Waals surface area contributed by atoms with Crippen LogP contribution in [0.15, 0.2) is 54.6 Å². The summed E-state index contributed by atoms with van der Waals surface area (Å²) < 4.78 is 0. The van der Waals surface area contributed by atoms with Crippen molar-refractivity contribution >= 4 is 5.91 Å². The van der Waals surface area contributed by atoms with E-state index in [1.807, 2.05) is 38.4 Å². The van der Waals surface area contributed by atoms with E-state index in [2.05, 4.69) is 40.5 Å². The molecule has 1 fully saturated rings.